The van der Waals surface area contributed by atoms with E-state index in [1.165, 1.54) is 18.3 Å². The van der Waals surface area contributed by atoms with Crippen molar-refractivity contribution in [3.8, 4) is 0 Å². The summed E-state index contributed by atoms with van der Waals surface area (Å²) in [6.07, 6.45) is 2.98. The SMILES string of the molecule is O=C(Nc1cccnc1)Nc1cccc(F)c1F. The van der Waals surface area contributed by atoms with E-state index < -0.39 is 17.7 Å². The molecule has 4 nitrogen and oxygen atoms in total. The van der Waals surface area contributed by atoms with Gasteiger partial charge in [0.1, 0.15) is 0 Å². The average molecular weight is 249 g/mol. The van der Waals surface area contributed by atoms with E-state index in [9.17, 15) is 13.6 Å². The zero-order chi connectivity index (χ0) is 13.0. The van der Waals surface area contributed by atoms with Gasteiger partial charge in [-0.3, -0.25) is 4.98 Å². The number of aromatic nitrogens is 1. The summed E-state index contributed by atoms with van der Waals surface area (Å²) in [6.45, 7) is 0. The number of carbonyl (C=O) groups is 1. The average Bonchev–Trinajstić information content (AvgIpc) is 2.36. The Morgan fingerprint density at radius 2 is 1.94 bits per heavy atom. The molecule has 0 unspecified atom stereocenters. The maximum absolute atomic E-state index is 13.3. The highest BCUT2D eigenvalue weighted by Gasteiger charge is 2.10. The second-order valence-electron chi connectivity index (χ2n) is 3.42. The molecule has 0 radical (unpaired) electrons. The summed E-state index contributed by atoms with van der Waals surface area (Å²) in [5.41, 5.74) is 0.225. The highest BCUT2D eigenvalue weighted by atomic mass is 19.2. The number of anilines is 2. The molecule has 0 aliphatic carbocycles. The monoisotopic (exact) mass is 249 g/mol. The van der Waals surface area contributed by atoms with Gasteiger partial charge in [0.05, 0.1) is 17.6 Å². The Balaban J connectivity index is 2.06. The first-order valence-electron chi connectivity index (χ1n) is 5.09. The number of hydrogen-bond acceptors (Lipinski definition) is 2. The van der Waals surface area contributed by atoms with E-state index in [0.717, 1.165) is 6.07 Å². The van der Waals surface area contributed by atoms with Gasteiger partial charge in [-0.05, 0) is 24.3 Å². The van der Waals surface area contributed by atoms with Gasteiger partial charge in [0, 0.05) is 6.20 Å². The van der Waals surface area contributed by atoms with Gasteiger partial charge >= 0.3 is 6.03 Å². The highest BCUT2D eigenvalue weighted by Crippen LogP contribution is 2.16. The van der Waals surface area contributed by atoms with Crippen LogP contribution in [0.1, 0.15) is 0 Å². The van der Waals surface area contributed by atoms with Crippen LogP contribution in [0.3, 0.4) is 0 Å². The van der Waals surface area contributed by atoms with Crippen molar-refractivity contribution in [1.82, 2.24) is 4.98 Å². The van der Waals surface area contributed by atoms with Gasteiger partial charge in [0.2, 0.25) is 0 Å². The van der Waals surface area contributed by atoms with Crippen molar-refractivity contribution in [3.05, 3.63) is 54.4 Å². The van der Waals surface area contributed by atoms with Crippen molar-refractivity contribution in [2.24, 2.45) is 0 Å². The first-order valence-corrected chi connectivity index (χ1v) is 5.09. The Labute approximate surface area is 102 Å². The van der Waals surface area contributed by atoms with Crippen LogP contribution in [0, 0.1) is 11.6 Å². The zero-order valence-electron chi connectivity index (χ0n) is 9.15. The summed E-state index contributed by atoms with van der Waals surface area (Å²) in [5, 5.41) is 4.64. The minimum absolute atomic E-state index is 0.226. The summed E-state index contributed by atoms with van der Waals surface area (Å²) in [6, 6.07) is 6.12. The molecule has 6 heteroatoms. The number of benzene rings is 1. The predicted octanol–water partition coefficient (Wildman–Crippen LogP) is 3.00. The molecule has 0 spiro atoms. The molecule has 1 heterocycles. The van der Waals surface area contributed by atoms with Crippen LogP contribution in [0.5, 0.6) is 0 Å². The summed E-state index contributed by atoms with van der Waals surface area (Å²) in [7, 11) is 0. The standard InChI is InChI=1S/C12H9F2N3O/c13-9-4-1-5-10(11(9)14)17-12(18)16-8-3-2-6-15-7-8/h1-7H,(H2,16,17,18). The lowest BCUT2D eigenvalue weighted by Crippen LogP contribution is -2.20. The molecule has 2 amide bonds. The minimum Gasteiger partial charge on any atom is -0.306 e. The molecule has 0 saturated heterocycles. The molecule has 0 aliphatic rings. The Hall–Kier alpha value is -2.50. The van der Waals surface area contributed by atoms with Crippen molar-refractivity contribution >= 4 is 17.4 Å². The fourth-order valence-corrected chi connectivity index (χ4v) is 1.32. The number of halogens is 2. The van der Waals surface area contributed by atoms with Gasteiger partial charge in [-0.2, -0.15) is 0 Å². The van der Waals surface area contributed by atoms with Gasteiger partial charge in [0.15, 0.2) is 11.6 Å². The topological polar surface area (TPSA) is 54.0 Å². The fourth-order valence-electron chi connectivity index (χ4n) is 1.32. The third-order valence-electron chi connectivity index (χ3n) is 2.12. The third kappa shape index (κ3) is 2.79. The van der Waals surface area contributed by atoms with Gasteiger partial charge in [-0.1, -0.05) is 6.07 Å². The molecule has 1 aromatic carbocycles. The van der Waals surface area contributed by atoms with Crippen LogP contribution in [0.15, 0.2) is 42.7 Å². The lowest BCUT2D eigenvalue weighted by atomic mass is 10.3. The van der Waals surface area contributed by atoms with Crippen molar-refractivity contribution in [1.29, 1.82) is 0 Å². The van der Waals surface area contributed by atoms with Crippen LogP contribution in [-0.2, 0) is 0 Å². The zero-order valence-corrected chi connectivity index (χ0v) is 9.15. The number of carbonyl (C=O) groups excluding carboxylic acids is 1. The van der Waals surface area contributed by atoms with Crippen molar-refractivity contribution in [2.45, 2.75) is 0 Å². The van der Waals surface area contributed by atoms with E-state index in [1.807, 2.05) is 0 Å². The van der Waals surface area contributed by atoms with Crippen molar-refractivity contribution < 1.29 is 13.6 Å². The van der Waals surface area contributed by atoms with E-state index >= 15 is 0 Å². The fraction of sp³-hybridized carbons (Fsp3) is 0. The highest BCUT2D eigenvalue weighted by molar-refractivity contribution is 5.99. The Morgan fingerprint density at radius 3 is 2.67 bits per heavy atom. The van der Waals surface area contributed by atoms with E-state index in [0.29, 0.717) is 5.69 Å². The summed E-state index contributed by atoms with van der Waals surface area (Å²) < 4.78 is 26.2. The van der Waals surface area contributed by atoms with E-state index in [4.69, 9.17) is 0 Å². The van der Waals surface area contributed by atoms with Crippen LogP contribution >= 0.6 is 0 Å². The van der Waals surface area contributed by atoms with Crippen LogP contribution in [0.25, 0.3) is 0 Å². The number of nitrogens with one attached hydrogen (secondary N) is 2. The second-order valence-corrected chi connectivity index (χ2v) is 3.42. The molecule has 0 aliphatic heterocycles. The molecule has 2 N–H and O–H groups in total. The molecular formula is C12H9F2N3O. The third-order valence-corrected chi connectivity index (χ3v) is 2.12. The smallest absolute Gasteiger partial charge is 0.306 e. The van der Waals surface area contributed by atoms with Crippen molar-refractivity contribution in [3.63, 3.8) is 0 Å². The number of nitrogens with zero attached hydrogens (tertiary/aromatic N) is 1. The Kier molecular flexibility index (Phi) is 3.47. The van der Waals surface area contributed by atoms with Gasteiger partial charge in [-0.15, -0.1) is 0 Å². The minimum atomic E-state index is -1.10. The molecule has 1 aromatic heterocycles. The molecule has 0 saturated carbocycles. The quantitative estimate of drug-likeness (QED) is 0.859. The van der Waals surface area contributed by atoms with Crippen LogP contribution in [-0.4, -0.2) is 11.0 Å². The summed E-state index contributed by atoms with van der Waals surface area (Å²) in [5.74, 6) is -2.12. The van der Waals surface area contributed by atoms with Gasteiger partial charge in [-0.25, -0.2) is 13.6 Å². The van der Waals surface area contributed by atoms with Crippen LogP contribution in [0.4, 0.5) is 25.0 Å². The van der Waals surface area contributed by atoms with Crippen LogP contribution in [0.2, 0.25) is 0 Å². The van der Waals surface area contributed by atoms with Gasteiger partial charge in [0.25, 0.3) is 0 Å². The molecule has 0 fully saturated rings. The number of pyridine rings is 1. The number of amides is 2. The summed E-state index contributed by atoms with van der Waals surface area (Å²) >= 11 is 0. The molecule has 0 atom stereocenters. The van der Waals surface area contributed by atoms with Gasteiger partial charge < -0.3 is 10.6 Å². The predicted molar refractivity (Wildman–Crippen MR) is 63.2 cm³/mol. The van der Waals surface area contributed by atoms with E-state index in [-0.39, 0.29) is 5.69 Å². The number of urea groups is 1. The van der Waals surface area contributed by atoms with Crippen molar-refractivity contribution in [2.75, 3.05) is 10.6 Å². The largest absolute Gasteiger partial charge is 0.323 e. The molecule has 0 bridgehead atoms. The first kappa shape index (κ1) is 12.0. The molecule has 2 rings (SSSR count). The lowest BCUT2D eigenvalue weighted by molar-refractivity contribution is 0.262. The Morgan fingerprint density at radius 1 is 1.11 bits per heavy atom. The van der Waals surface area contributed by atoms with E-state index in [1.54, 1.807) is 18.3 Å². The second kappa shape index (κ2) is 5.22. The van der Waals surface area contributed by atoms with E-state index in [2.05, 4.69) is 15.6 Å². The maximum Gasteiger partial charge on any atom is 0.323 e. The Bertz CT molecular complexity index is 561. The molecule has 92 valence electrons. The first-order chi connectivity index (χ1) is 8.66. The number of hydrogen-bond donors (Lipinski definition) is 2. The summed E-state index contributed by atoms with van der Waals surface area (Å²) in [4.78, 5) is 15.3. The molecule has 18 heavy (non-hydrogen) atoms. The normalized spacial score (nSPS) is 9.89. The molecule has 2 aromatic rings. The number of rotatable bonds is 2. The maximum atomic E-state index is 13.3. The molecular weight excluding hydrogens is 240 g/mol. The van der Waals surface area contributed by atoms with Crippen LogP contribution < -0.4 is 10.6 Å². The lowest BCUT2D eigenvalue weighted by Gasteiger charge is -2.08.